The number of H-pyrrole nitrogens is 1. The van der Waals surface area contributed by atoms with Crippen molar-refractivity contribution >= 4 is 15.9 Å². The van der Waals surface area contributed by atoms with E-state index in [1.54, 1.807) is 25.7 Å². The second-order valence-electron chi connectivity index (χ2n) is 5.04. The number of nitrogens with zero attached hydrogens (tertiary/aromatic N) is 2. The fourth-order valence-electron chi connectivity index (χ4n) is 2.34. The highest BCUT2D eigenvalue weighted by Crippen LogP contribution is 2.17. The Balaban J connectivity index is 2.11. The van der Waals surface area contributed by atoms with Crippen molar-refractivity contribution in [2.75, 3.05) is 26.3 Å². The molecule has 0 unspecified atom stereocenters. The Kier molecular flexibility index (Phi) is 4.64. The lowest BCUT2D eigenvalue weighted by Gasteiger charge is -2.29. The Bertz CT molecular complexity index is 600. The van der Waals surface area contributed by atoms with Gasteiger partial charge < -0.3 is 9.64 Å². The average Bonchev–Trinajstić information content (AvgIpc) is 2.78. The van der Waals surface area contributed by atoms with E-state index in [2.05, 4.69) is 14.9 Å². The summed E-state index contributed by atoms with van der Waals surface area (Å²) >= 11 is 0. The Labute approximate surface area is 123 Å². The normalized spacial score (nSPS) is 17.8. The maximum absolute atomic E-state index is 12.4. The van der Waals surface area contributed by atoms with Gasteiger partial charge in [-0.1, -0.05) is 0 Å². The zero-order valence-corrected chi connectivity index (χ0v) is 13.2. The summed E-state index contributed by atoms with van der Waals surface area (Å²) in [6, 6.07) is -0.832. The van der Waals surface area contributed by atoms with Gasteiger partial charge in [0, 0.05) is 13.1 Å². The predicted octanol–water partition coefficient (Wildman–Crippen LogP) is -0.448. The molecule has 0 bridgehead atoms. The molecular formula is C12H20N4O4S. The van der Waals surface area contributed by atoms with Gasteiger partial charge in [-0.15, -0.1) is 0 Å². The van der Waals surface area contributed by atoms with Gasteiger partial charge in [-0.05, 0) is 20.8 Å². The van der Waals surface area contributed by atoms with Crippen molar-refractivity contribution in [3.63, 3.8) is 0 Å². The van der Waals surface area contributed by atoms with E-state index in [-0.39, 0.29) is 10.8 Å². The molecule has 1 fully saturated rings. The second kappa shape index (κ2) is 6.12. The van der Waals surface area contributed by atoms with Gasteiger partial charge in [-0.2, -0.15) is 9.82 Å². The largest absolute Gasteiger partial charge is 0.378 e. The summed E-state index contributed by atoms with van der Waals surface area (Å²) in [7, 11) is -3.78. The maximum atomic E-state index is 12.4. The quantitative estimate of drug-likeness (QED) is 0.783. The molecule has 0 saturated carbocycles. The van der Waals surface area contributed by atoms with E-state index in [9.17, 15) is 13.2 Å². The van der Waals surface area contributed by atoms with Crippen molar-refractivity contribution in [3.8, 4) is 0 Å². The number of aryl methyl sites for hydroxylation is 2. The van der Waals surface area contributed by atoms with Gasteiger partial charge in [0.05, 0.1) is 30.6 Å². The van der Waals surface area contributed by atoms with Gasteiger partial charge in [0.25, 0.3) is 0 Å². The molecular weight excluding hydrogens is 296 g/mol. The van der Waals surface area contributed by atoms with Gasteiger partial charge in [-0.3, -0.25) is 9.89 Å². The van der Waals surface area contributed by atoms with Gasteiger partial charge in [-0.25, -0.2) is 8.42 Å². The molecule has 0 aliphatic carbocycles. The molecule has 8 nitrogen and oxygen atoms in total. The van der Waals surface area contributed by atoms with Crippen LogP contribution in [0.1, 0.15) is 18.3 Å². The summed E-state index contributed by atoms with van der Waals surface area (Å²) in [5, 5.41) is 6.50. The molecule has 9 heteroatoms. The van der Waals surface area contributed by atoms with Crippen LogP contribution in [0.5, 0.6) is 0 Å². The number of carbonyl (C=O) groups is 1. The third-order valence-corrected chi connectivity index (χ3v) is 5.16. The first-order valence-corrected chi connectivity index (χ1v) is 8.21. The van der Waals surface area contributed by atoms with Crippen LogP contribution >= 0.6 is 0 Å². The number of ether oxygens (including phenoxy) is 1. The van der Waals surface area contributed by atoms with Gasteiger partial charge in [0.1, 0.15) is 4.90 Å². The Morgan fingerprint density at radius 3 is 2.52 bits per heavy atom. The van der Waals surface area contributed by atoms with Crippen LogP contribution < -0.4 is 4.72 Å². The zero-order valence-electron chi connectivity index (χ0n) is 12.3. The molecule has 1 aromatic heterocycles. The maximum Gasteiger partial charge on any atom is 0.244 e. The third kappa shape index (κ3) is 3.42. The molecule has 1 atom stereocenters. The molecule has 1 aliphatic rings. The number of rotatable bonds is 4. The lowest BCUT2D eigenvalue weighted by atomic mass is 10.3. The van der Waals surface area contributed by atoms with Crippen LogP contribution in [-0.4, -0.2) is 61.8 Å². The molecule has 21 heavy (non-hydrogen) atoms. The molecule has 2 N–H and O–H groups in total. The molecule has 0 aromatic carbocycles. The fraction of sp³-hybridized carbons (Fsp3) is 0.667. The van der Waals surface area contributed by atoms with Crippen LogP contribution in [0.4, 0.5) is 0 Å². The first-order chi connectivity index (χ1) is 9.83. The lowest BCUT2D eigenvalue weighted by molar-refractivity contribution is -0.136. The highest BCUT2D eigenvalue weighted by Gasteiger charge is 2.29. The fourth-order valence-corrected chi connectivity index (χ4v) is 3.90. The van der Waals surface area contributed by atoms with E-state index >= 15 is 0 Å². The van der Waals surface area contributed by atoms with Crippen LogP contribution in [0.25, 0.3) is 0 Å². The van der Waals surface area contributed by atoms with Gasteiger partial charge >= 0.3 is 0 Å². The Hall–Kier alpha value is -1.45. The minimum Gasteiger partial charge on any atom is -0.378 e. The molecule has 0 radical (unpaired) electrons. The van der Waals surface area contributed by atoms with E-state index < -0.39 is 16.1 Å². The van der Waals surface area contributed by atoms with Crippen LogP contribution in [-0.2, 0) is 19.6 Å². The highest BCUT2D eigenvalue weighted by molar-refractivity contribution is 7.89. The molecule has 2 heterocycles. The molecule has 118 valence electrons. The summed E-state index contributed by atoms with van der Waals surface area (Å²) in [5.74, 6) is -0.249. The minimum atomic E-state index is -3.78. The van der Waals surface area contributed by atoms with E-state index in [1.807, 2.05) is 0 Å². The molecule has 2 rings (SSSR count). The number of nitrogens with one attached hydrogen (secondary N) is 2. The molecule has 1 amide bonds. The van der Waals surface area contributed by atoms with Crippen molar-refractivity contribution in [3.05, 3.63) is 11.4 Å². The molecule has 0 spiro atoms. The summed E-state index contributed by atoms with van der Waals surface area (Å²) in [6.07, 6.45) is 0. The number of hydrogen-bond donors (Lipinski definition) is 2. The van der Waals surface area contributed by atoms with Crippen LogP contribution in [0.3, 0.4) is 0 Å². The number of amides is 1. The van der Waals surface area contributed by atoms with Crippen molar-refractivity contribution in [2.45, 2.75) is 31.7 Å². The Morgan fingerprint density at radius 2 is 2.00 bits per heavy atom. The summed E-state index contributed by atoms with van der Waals surface area (Å²) in [6.45, 7) is 6.69. The molecule has 1 saturated heterocycles. The first kappa shape index (κ1) is 15.9. The smallest absolute Gasteiger partial charge is 0.244 e. The van der Waals surface area contributed by atoms with Crippen LogP contribution in [0.15, 0.2) is 4.90 Å². The van der Waals surface area contributed by atoms with Gasteiger partial charge in [0.15, 0.2) is 0 Å². The summed E-state index contributed by atoms with van der Waals surface area (Å²) < 4.78 is 32.3. The molecule has 1 aromatic rings. The van der Waals surface area contributed by atoms with E-state index in [1.165, 1.54) is 0 Å². The van der Waals surface area contributed by atoms with Crippen molar-refractivity contribution in [1.82, 2.24) is 19.8 Å². The van der Waals surface area contributed by atoms with E-state index in [4.69, 9.17) is 4.74 Å². The topological polar surface area (TPSA) is 104 Å². The number of aromatic nitrogens is 2. The number of aromatic amines is 1. The third-order valence-electron chi connectivity index (χ3n) is 3.35. The average molecular weight is 316 g/mol. The second-order valence-corrected chi connectivity index (χ2v) is 6.69. The van der Waals surface area contributed by atoms with Gasteiger partial charge in [0.2, 0.25) is 15.9 Å². The van der Waals surface area contributed by atoms with Crippen molar-refractivity contribution in [2.24, 2.45) is 0 Å². The summed E-state index contributed by atoms with van der Waals surface area (Å²) in [4.78, 5) is 13.9. The zero-order chi connectivity index (χ0) is 15.6. The number of morpholine rings is 1. The first-order valence-electron chi connectivity index (χ1n) is 6.73. The SMILES string of the molecule is Cc1n[nH]c(C)c1S(=O)(=O)N[C@@H](C)C(=O)N1CCOCC1. The van der Waals surface area contributed by atoms with Crippen molar-refractivity contribution < 1.29 is 17.9 Å². The van der Waals surface area contributed by atoms with E-state index in [0.29, 0.717) is 37.7 Å². The van der Waals surface area contributed by atoms with Crippen LogP contribution in [0, 0.1) is 13.8 Å². The monoisotopic (exact) mass is 316 g/mol. The Morgan fingerprint density at radius 1 is 1.38 bits per heavy atom. The van der Waals surface area contributed by atoms with Crippen molar-refractivity contribution in [1.29, 1.82) is 0 Å². The predicted molar refractivity (Wildman–Crippen MR) is 75.2 cm³/mol. The highest BCUT2D eigenvalue weighted by atomic mass is 32.2. The number of hydrogen-bond acceptors (Lipinski definition) is 5. The number of carbonyl (C=O) groups excluding carboxylic acids is 1. The standard InChI is InChI=1S/C12H20N4O4S/c1-8-11(9(2)14-13-8)21(18,19)15-10(3)12(17)16-4-6-20-7-5-16/h10,15H,4-7H2,1-3H3,(H,13,14)/t10-/m0/s1. The minimum absolute atomic E-state index is 0.101. The van der Waals surface area contributed by atoms with Crippen LogP contribution in [0.2, 0.25) is 0 Å². The summed E-state index contributed by atoms with van der Waals surface area (Å²) in [5.41, 5.74) is 0.831. The number of sulfonamides is 1. The lowest BCUT2D eigenvalue weighted by Crippen LogP contribution is -2.50. The molecule has 1 aliphatic heterocycles. The van der Waals surface area contributed by atoms with E-state index in [0.717, 1.165) is 0 Å².